The van der Waals surface area contributed by atoms with Crippen molar-refractivity contribution >= 4 is 5.91 Å². The molecule has 0 saturated carbocycles. The molecule has 1 amide bonds. The van der Waals surface area contributed by atoms with Crippen molar-refractivity contribution in [1.29, 1.82) is 0 Å². The third kappa shape index (κ3) is 2.42. The van der Waals surface area contributed by atoms with Gasteiger partial charge in [0.15, 0.2) is 0 Å². The molecule has 0 aromatic heterocycles. The van der Waals surface area contributed by atoms with Crippen molar-refractivity contribution in [3.8, 4) is 5.75 Å². The highest BCUT2D eigenvalue weighted by Gasteiger charge is 2.25. The van der Waals surface area contributed by atoms with E-state index in [0.29, 0.717) is 11.3 Å². The normalized spacial score (nSPS) is 19.1. The lowest BCUT2D eigenvalue weighted by atomic mass is 10.1. The maximum absolute atomic E-state index is 12.3. The predicted octanol–water partition coefficient (Wildman–Crippen LogP) is 1.13. The number of methoxy groups -OCH3 is 1. The zero-order valence-corrected chi connectivity index (χ0v) is 10.3. The monoisotopic (exact) mass is 234 g/mol. The molecule has 1 unspecified atom stereocenters. The van der Waals surface area contributed by atoms with Crippen molar-refractivity contribution < 1.29 is 9.53 Å². The lowest BCUT2D eigenvalue weighted by molar-refractivity contribution is 0.0740. The van der Waals surface area contributed by atoms with E-state index in [-0.39, 0.29) is 11.9 Å². The number of carbonyl (C=O) groups excluding carboxylic acids is 1. The van der Waals surface area contributed by atoms with Crippen LogP contribution in [0.1, 0.15) is 16.8 Å². The number of carbonyl (C=O) groups is 1. The van der Waals surface area contributed by atoms with Crippen molar-refractivity contribution in [3.05, 3.63) is 29.8 Å². The zero-order chi connectivity index (χ0) is 12.3. The molecule has 0 radical (unpaired) electrons. The first-order valence-electron chi connectivity index (χ1n) is 5.85. The Balaban J connectivity index is 2.18. The fraction of sp³-hybridized carbons (Fsp3) is 0.462. The number of para-hydroxylation sites is 1. The number of ether oxygens (including phenoxy) is 1. The molecule has 1 N–H and O–H groups in total. The van der Waals surface area contributed by atoms with E-state index >= 15 is 0 Å². The van der Waals surface area contributed by atoms with Gasteiger partial charge in [-0.3, -0.25) is 4.79 Å². The highest BCUT2D eigenvalue weighted by Crippen LogP contribution is 2.20. The van der Waals surface area contributed by atoms with Crippen LogP contribution in [0.15, 0.2) is 24.3 Å². The average Bonchev–Trinajstić information content (AvgIpc) is 2.90. The van der Waals surface area contributed by atoms with E-state index in [1.807, 2.05) is 25.2 Å². The number of rotatable bonds is 3. The summed E-state index contributed by atoms with van der Waals surface area (Å²) in [5.74, 6) is 0.659. The van der Waals surface area contributed by atoms with Gasteiger partial charge < -0.3 is 15.0 Å². The van der Waals surface area contributed by atoms with Gasteiger partial charge in [0.1, 0.15) is 5.75 Å². The van der Waals surface area contributed by atoms with Crippen LogP contribution in [0.25, 0.3) is 0 Å². The van der Waals surface area contributed by atoms with Crippen molar-refractivity contribution in [2.45, 2.75) is 12.5 Å². The topological polar surface area (TPSA) is 41.6 Å². The molecule has 1 heterocycles. The van der Waals surface area contributed by atoms with E-state index < -0.39 is 0 Å². The van der Waals surface area contributed by atoms with Gasteiger partial charge in [0, 0.05) is 19.6 Å². The van der Waals surface area contributed by atoms with Gasteiger partial charge in [-0.25, -0.2) is 0 Å². The fourth-order valence-corrected chi connectivity index (χ4v) is 2.15. The van der Waals surface area contributed by atoms with Crippen LogP contribution < -0.4 is 10.1 Å². The molecule has 1 saturated heterocycles. The highest BCUT2D eigenvalue weighted by molar-refractivity contribution is 5.97. The minimum absolute atomic E-state index is 0.0242. The van der Waals surface area contributed by atoms with Gasteiger partial charge in [-0.1, -0.05) is 12.1 Å². The number of nitrogens with zero attached hydrogens (tertiary/aromatic N) is 1. The average molecular weight is 234 g/mol. The quantitative estimate of drug-likeness (QED) is 0.852. The first kappa shape index (κ1) is 11.9. The molecule has 0 bridgehead atoms. The number of hydrogen-bond acceptors (Lipinski definition) is 3. The maximum Gasteiger partial charge on any atom is 0.257 e. The Kier molecular flexibility index (Phi) is 3.64. The van der Waals surface area contributed by atoms with E-state index in [9.17, 15) is 4.79 Å². The summed E-state index contributed by atoms with van der Waals surface area (Å²) in [5, 5.41) is 3.26. The zero-order valence-electron chi connectivity index (χ0n) is 10.3. The lowest BCUT2D eigenvalue weighted by Gasteiger charge is -2.24. The molecule has 17 heavy (non-hydrogen) atoms. The molecule has 2 rings (SSSR count). The van der Waals surface area contributed by atoms with E-state index in [1.165, 1.54) is 0 Å². The van der Waals surface area contributed by atoms with Gasteiger partial charge >= 0.3 is 0 Å². The fourth-order valence-electron chi connectivity index (χ4n) is 2.15. The SMILES string of the molecule is COc1ccccc1C(=O)N(C)C1CCNC1. The van der Waals surface area contributed by atoms with Crippen molar-refractivity contribution in [3.63, 3.8) is 0 Å². The Morgan fingerprint density at radius 2 is 2.24 bits per heavy atom. The van der Waals surface area contributed by atoms with Gasteiger partial charge in [-0.05, 0) is 25.1 Å². The second kappa shape index (κ2) is 5.19. The minimum atomic E-state index is 0.0242. The largest absolute Gasteiger partial charge is 0.496 e. The van der Waals surface area contributed by atoms with Gasteiger partial charge in [0.2, 0.25) is 0 Å². The Bertz CT molecular complexity index is 400. The molecule has 1 fully saturated rings. The van der Waals surface area contributed by atoms with Gasteiger partial charge in [0.05, 0.1) is 12.7 Å². The number of likely N-dealkylation sites (N-methyl/N-ethyl adjacent to an activating group) is 1. The van der Waals surface area contributed by atoms with E-state index in [1.54, 1.807) is 18.1 Å². The second-order valence-electron chi connectivity index (χ2n) is 4.26. The van der Waals surface area contributed by atoms with Crippen LogP contribution in [0.2, 0.25) is 0 Å². The molecule has 1 aliphatic heterocycles. The van der Waals surface area contributed by atoms with Gasteiger partial charge in [0.25, 0.3) is 5.91 Å². The van der Waals surface area contributed by atoms with Crippen LogP contribution in [0.5, 0.6) is 5.75 Å². The van der Waals surface area contributed by atoms with Crippen LogP contribution in [0.4, 0.5) is 0 Å². The summed E-state index contributed by atoms with van der Waals surface area (Å²) in [7, 11) is 3.44. The Labute approximate surface area is 102 Å². The number of nitrogens with one attached hydrogen (secondary N) is 1. The van der Waals surface area contributed by atoms with Crippen molar-refractivity contribution in [1.82, 2.24) is 10.2 Å². The molecule has 0 spiro atoms. The molecule has 4 nitrogen and oxygen atoms in total. The number of benzene rings is 1. The number of amides is 1. The van der Waals surface area contributed by atoms with E-state index in [2.05, 4.69) is 5.32 Å². The minimum Gasteiger partial charge on any atom is -0.496 e. The summed E-state index contributed by atoms with van der Waals surface area (Å²) < 4.78 is 5.22. The van der Waals surface area contributed by atoms with Crippen LogP contribution in [0, 0.1) is 0 Å². The summed E-state index contributed by atoms with van der Waals surface area (Å²) in [5.41, 5.74) is 0.629. The third-order valence-corrected chi connectivity index (χ3v) is 3.24. The van der Waals surface area contributed by atoms with Crippen LogP contribution in [0.3, 0.4) is 0 Å². The number of hydrogen-bond donors (Lipinski definition) is 1. The first-order valence-corrected chi connectivity index (χ1v) is 5.85. The summed E-state index contributed by atoms with van der Waals surface area (Å²) >= 11 is 0. The molecule has 4 heteroatoms. The van der Waals surface area contributed by atoms with E-state index in [0.717, 1.165) is 19.5 Å². The maximum atomic E-state index is 12.3. The van der Waals surface area contributed by atoms with Crippen molar-refractivity contribution in [2.75, 3.05) is 27.2 Å². The van der Waals surface area contributed by atoms with Crippen molar-refractivity contribution in [2.24, 2.45) is 0 Å². The Morgan fingerprint density at radius 3 is 2.88 bits per heavy atom. The van der Waals surface area contributed by atoms with Crippen LogP contribution in [-0.2, 0) is 0 Å². The Morgan fingerprint density at radius 1 is 1.47 bits per heavy atom. The molecule has 1 aliphatic rings. The molecular formula is C13H18N2O2. The predicted molar refractivity (Wildman–Crippen MR) is 66.4 cm³/mol. The molecule has 1 aromatic rings. The van der Waals surface area contributed by atoms with E-state index in [4.69, 9.17) is 4.74 Å². The van der Waals surface area contributed by atoms with Crippen LogP contribution >= 0.6 is 0 Å². The summed E-state index contributed by atoms with van der Waals surface area (Å²) in [4.78, 5) is 14.1. The first-order chi connectivity index (χ1) is 8.24. The second-order valence-corrected chi connectivity index (χ2v) is 4.26. The lowest BCUT2D eigenvalue weighted by Crippen LogP contribution is -2.38. The summed E-state index contributed by atoms with van der Waals surface area (Å²) in [6, 6.07) is 7.63. The molecule has 1 aromatic carbocycles. The molecular weight excluding hydrogens is 216 g/mol. The van der Waals surface area contributed by atoms with Crippen LogP contribution in [-0.4, -0.2) is 44.1 Å². The summed E-state index contributed by atoms with van der Waals surface area (Å²) in [6.07, 6.45) is 1.01. The molecule has 92 valence electrons. The molecule has 0 aliphatic carbocycles. The highest BCUT2D eigenvalue weighted by atomic mass is 16.5. The van der Waals surface area contributed by atoms with Gasteiger partial charge in [-0.2, -0.15) is 0 Å². The smallest absolute Gasteiger partial charge is 0.257 e. The van der Waals surface area contributed by atoms with Gasteiger partial charge in [-0.15, -0.1) is 0 Å². The summed E-state index contributed by atoms with van der Waals surface area (Å²) in [6.45, 7) is 1.85. The standard InChI is InChI=1S/C13H18N2O2/c1-15(10-7-8-14-9-10)13(16)11-5-3-4-6-12(11)17-2/h3-6,10,14H,7-9H2,1-2H3. The Hall–Kier alpha value is -1.55. The molecule has 1 atom stereocenters. The third-order valence-electron chi connectivity index (χ3n) is 3.24.